The molecule has 0 spiro atoms. The molecule has 1 aromatic heterocycles. The number of halogens is 4. The van der Waals surface area contributed by atoms with Crippen molar-refractivity contribution in [3.05, 3.63) is 33.4 Å². The van der Waals surface area contributed by atoms with Gasteiger partial charge in [0.05, 0.1) is 5.52 Å². The Bertz CT molecular complexity index is 666. The molecule has 1 heterocycles. The Balaban J connectivity index is 2.91. The molecule has 0 saturated heterocycles. The van der Waals surface area contributed by atoms with Crippen molar-refractivity contribution in [3.63, 3.8) is 0 Å². The van der Waals surface area contributed by atoms with Crippen LogP contribution >= 0.6 is 15.9 Å². The van der Waals surface area contributed by atoms with Crippen LogP contribution in [0, 0.1) is 13.8 Å². The predicted octanol–water partition coefficient (Wildman–Crippen LogP) is 5.06. The van der Waals surface area contributed by atoms with Gasteiger partial charge in [-0.25, -0.2) is 4.98 Å². The Hall–Kier alpha value is -1.30. The standard InChI is InChI=1S/C14H14BrF3N2/c1-4-19-12-8(3)13(14(16,17)18)20-11-7(2)5-9(15)6-10(11)12/h5-6H,4H2,1-3H3,(H,19,20). The fourth-order valence-electron chi connectivity index (χ4n) is 2.27. The molecule has 20 heavy (non-hydrogen) atoms. The highest BCUT2D eigenvalue weighted by Gasteiger charge is 2.36. The lowest BCUT2D eigenvalue weighted by atomic mass is 10.0. The Kier molecular flexibility index (Phi) is 3.95. The molecular weight excluding hydrogens is 333 g/mol. The first-order chi connectivity index (χ1) is 9.25. The van der Waals surface area contributed by atoms with Crippen molar-refractivity contribution in [3.8, 4) is 0 Å². The maximum atomic E-state index is 13.1. The monoisotopic (exact) mass is 346 g/mol. The Labute approximate surface area is 123 Å². The largest absolute Gasteiger partial charge is 0.433 e. The number of nitrogens with one attached hydrogen (secondary N) is 1. The number of pyridine rings is 1. The van der Waals surface area contributed by atoms with Gasteiger partial charge in [0.2, 0.25) is 0 Å². The van der Waals surface area contributed by atoms with Crippen LogP contribution in [0.5, 0.6) is 0 Å². The average molecular weight is 347 g/mol. The summed E-state index contributed by atoms with van der Waals surface area (Å²) in [6.07, 6.45) is -4.46. The summed E-state index contributed by atoms with van der Waals surface area (Å²) in [5, 5.41) is 3.72. The van der Waals surface area contributed by atoms with E-state index in [-0.39, 0.29) is 5.56 Å². The van der Waals surface area contributed by atoms with Gasteiger partial charge in [-0.05, 0) is 38.5 Å². The fraction of sp³-hybridized carbons (Fsp3) is 0.357. The van der Waals surface area contributed by atoms with Crippen molar-refractivity contribution >= 4 is 32.5 Å². The van der Waals surface area contributed by atoms with Crippen LogP contribution in [0.25, 0.3) is 10.9 Å². The van der Waals surface area contributed by atoms with Crippen LogP contribution in [0.3, 0.4) is 0 Å². The number of benzene rings is 1. The van der Waals surface area contributed by atoms with E-state index in [0.717, 1.165) is 4.47 Å². The Morgan fingerprint density at radius 3 is 2.45 bits per heavy atom. The molecule has 1 aromatic carbocycles. The van der Waals surface area contributed by atoms with E-state index in [0.29, 0.717) is 28.7 Å². The molecule has 0 amide bonds. The van der Waals surface area contributed by atoms with E-state index in [1.165, 1.54) is 6.92 Å². The van der Waals surface area contributed by atoms with E-state index in [2.05, 4.69) is 26.2 Å². The summed E-state index contributed by atoms with van der Waals surface area (Å²) in [5.41, 5.74) is 0.881. The van der Waals surface area contributed by atoms with E-state index >= 15 is 0 Å². The topological polar surface area (TPSA) is 24.9 Å². The lowest BCUT2D eigenvalue weighted by Crippen LogP contribution is -2.14. The highest BCUT2D eigenvalue weighted by molar-refractivity contribution is 9.10. The molecule has 0 aliphatic carbocycles. The zero-order valence-corrected chi connectivity index (χ0v) is 12.9. The van der Waals surface area contributed by atoms with Gasteiger partial charge in [-0.3, -0.25) is 0 Å². The first-order valence-electron chi connectivity index (χ1n) is 6.17. The summed E-state index contributed by atoms with van der Waals surface area (Å²) < 4.78 is 40.1. The normalized spacial score (nSPS) is 11.9. The molecule has 2 nitrogen and oxygen atoms in total. The van der Waals surface area contributed by atoms with Gasteiger partial charge in [-0.2, -0.15) is 13.2 Å². The van der Waals surface area contributed by atoms with E-state index in [1.807, 2.05) is 6.92 Å². The van der Waals surface area contributed by atoms with Crippen molar-refractivity contribution in [2.24, 2.45) is 0 Å². The highest BCUT2D eigenvalue weighted by atomic mass is 79.9. The summed E-state index contributed by atoms with van der Waals surface area (Å²) in [4.78, 5) is 3.84. The van der Waals surface area contributed by atoms with Gasteiger partial charge in [-0.1, -0.05) is 15.9 Å². The first-order valence-corrected chi connectivity index (χ1v) is 6.96. The molecular formula is C14H14BrF3N2. The number of hydrogen-bond acceptors (Lipinski definition) is 2. The summed E-state index contributed by atoms with van der Waals surface area (Å²) in [6.45, 7) is 5.60. The highest BCUT2D eigenvalue weighted by Crippen LogP contribution is 2.38. The Morgan fingerprint density at radius 2 is 1.90 bits per heavy atom. The zero-order chi connectivity index (χ0) is 15.1. The summed E-state index contributed by atoms with van der Waals surface area (Å²) in [6, 6.07) is 3.56. The number of anilines is 1. The van der Waals surface area contributed by atoms with Crippen LogP contribution in [-0.4, -0.2) is 11.5 Å². The van der Waals surface area contributed by atoms with E-state index < -0.39 is 11.9 Å². The third kappa shape index (κ3) is 2.61. The molecule has 0 bridgehead atoms. The van der Waals surface area contributed by atoms with E-state index in [9.17, 15) is 13.2 Å². The molecule has 108 valence electrons. The summed E-state index contributed by atoms with van der Waals surface area (Å²) in [5.74, 6) is 0. The van der Waals surface area contributed by atoms with Crippen molar-refractivity contribution in [1.29, 1.82) is 0 Å². The number of aryl methyl sites for hydroxylation is 1. The zero-order valence-electron chi connectivity index (χ0n) is 11.3. The molecule has 0 atom stereocenters. The minimum atomic E-state index is -4.46. The molecule has 2 aromatic rings. The number of alkyl halides is 3. The summed E-state index contributed by atoms with van der Waals surface area (Å²) >= 11 is 3.37. The van der Waals surface area contributed by atoms with Crippen LogP contribution in [0.2, 0.25) is 0 Å². The van der Waals surface area contributed by atoms with Gasteiger partial charge in [0.15, 0.2) is 0 Å². The van der Waals surface area contributed by atoms with Crippen LogP contribution in [0.1, 0.15) is 23.7 Å². The van der Waals surface area contributed by atoms with E-state index in [4.69, 9.17) is 0 Å². The van der Waals surface area contributed by atoms with Gasteiger partial charge in [0.1, 0.15) is 5.69 Å². The third-order valence-electron chi connectivity index (χ3n) is 3.11. The number of nitrogens with zero attached hydrogens (tertiary/aromatic N) is 1. The van der Waals surface area contributed by atoms with Crippen LogP contribution in [0.15, 0.2) is 16.6 Å². The molecule has 0 radical (unpaired) electrons. The lowest BCUT2D eigenvalue weighted by Gasteiger charge is -2.18. The molecule has 0 aliphatic rings. The maximum Gasteiger partial charge on any atom is 0.433 e. The smallest absolute Gasteiger partial charge is 0.385 e. The van der Waals surface area contributed by atoms with E-state index in [1.54, 1.807) is 19.1 Å². The predicted molar refractivity (Wildman–Crippen MR) is 78.1 cm³/mol. The number of hydrogen-bond donors (Lipinski definition) is 1. The first kappa shape index (κ1) is 15.1. The molecule has 0 unspecified atom stereocenters. The fourth-order valence-corrected chi connectivity index (χ4v) is 2.84. The minimum Gasteiger partial charge on any atom is -0.385 e. The van der Waals surface area contributed by atoms with Crippen molar-refractivity contribution in [2.45, 2.75) is 26.9 Å². The molecule has 0 fully saturated rings. The number of aromatic nitrogens is 1. The van der Waals surface area contributed by atoms with Crippen molar-refractivity contribution in [2.75, 3.05) is 11.9 Å². The minimum absolute atomic E-state index is 0.129. The van der Waals surface area contributed by atoms with Gasteiger partial charge in [-0.15, -0.1) is 0 Å². The second-order valence-corrected chi connectivity index (χ2v) is 5.52. The third-order valence-corrected chi connectivity index (χ3v) is 3.57. The van der Waals surface area contributed by atoms with Crippen molar-refractivity contribution in [1.82, 2.24) is 4.98 Å². The van der Waals surface area contributed by atoms with Crippen LogP contribution < -0.4 is 5.32 Å². The van der Waals surface area contributed by atoms with Gasteiger partial charge >= 0.3 is 6.18 Å². The van der Waals surface area contributed by atoms with Gasteiger partial charge < -0.3 is 5.32 Å². The second-order valence-electron chi connectivity index (χ2n) is 4.61. The Morgan fingerprint density at radius 1 is 1.25 bits per heavy atom. The SMILES string of the molecule is CCNc1c(C)c(C(F)(F)F)nc2c(C)cc(Br)cc12. The van der Waals surface area contributed by atoms with Gasteiger partial charge in [0, 0.05) is 27.7 Å². The van der Waals surface area contributed by atoms with Crippen LogP contribution in [0.4, 0.5) is 18.9 Å². The van der Waals surface area contributed by atoms with Crippen LogP contribution in [-0.2, 0) is 6.18 Å². The van der Waals surface area contributed by atoms with Crippen molar-refractivity contribution < 1.29 is 13.2 Å². The molecule has 6 heteroatoms. The molecule has 0 aliphatic heterocycles. The number of fused-ring (bicyclic) bond motifs is 1. The molecule has 2 rings (SSSR count). The number of rotatable bonds is 2. The summed E-state index contributed by atoms with van der Waals surface area (Å²) in [7, 11) is 0. The maximum absolute atomic E-state index is 13.1. The van der Waals surface area contributed by atoms with Gasteiger partial charge in [0.25, 0.3) is 0 Å². The molecule has 0 saturated carbocycles. The second kappa shape index (κ2) is 5.24. The molecule has 1 N–H and O–H groups in total. The lowest BCUT2D eigenvalue weighted by molar-refractivity contribution is -0.141. The quantitative estimate of drug-likeness (QED) is 0.821. The average Bonchev–Trinajstić information content (AvgIpc) is 2.31.